The van der Waals surface area contributed by atoms with E-state index in [1.807, 2.05) is 0 Å². The van der Waals surface area contributed by atoms with Gasteiger partial charge in [0.1, 0.15) is 6.04 Å². The van der Waals surface area contributed by atoms with Crippen molar-refractivity contribution in [2.45, 2.75) is 13.0 Å². The van der Waals surface area contributed by atoms with E-state index in [9.17, 15) is 4.79 Å². The number of aliphatic imine (C=N–C) groups is 1. The number of ketones is 1. The molecule has 3 nitrogen and oxygen atoms in total. The van der Waals surface area contributed by atoms with Crippen LogP contribution in [0.15, 0.2) is 4.99 Å². The molecule has 1 aliphatic heterocycles. The Morgan fingerprint density at radius 1 is 1.89 bits per heavy atom. The predicted octanol–water partition coefficient (Wildman–Crippen LogP) is -0.382. The number of nitrogens with zero attached hydrogens (tertiary/aromatic N) is 1. The smallest absolute Gasteiger partial charge is 0.155 e. The molecule has 0 amide bonds. The van der Waals surface area contributed by atoms with Gasteiger partial charge >= 0.3 is 0 Å². The lowest BCUT2D eigenvalue weighted by atomic mass is 10.2. The second-order valence-corrected chi connectivity index (χ2v) is 2.12. The maximum absolute atomic E-state index is 10.6. The van der Waals surface area contributed by atoms with Crippen molar-refractivity contribution >= 4 is 12.0 Å². The Labute approximate surface area is 54.2 Å². The van der Waals surface area contributed by atoms with Gasteiger partial charge in [0.25, 0.3) is 0 Å². The molecule has 0 radical (unpaired) electrons. The molecule has 0 aromatic rings. The Morgan fingerprint density at radius 2 is 2.67 bits per heavy atom. The van der Waals surface area contributed by atoms with E-state index < -0.39 is 0 Å². The minimum absolute atomic E-state index is 0.126. The van der Waals surface area contributed by atoms with Gasteiger partial charge in [-0.1, -0.05) is 0 Å². The van der Waals surface area contributed by atoms with E-state index in [-0.39, 0.29) is 11.8 Å². The summed E-state index contributed by atoms with van der Waals surface area (Å²) >= 11 is 0. The van der Waals surface area contributed by atoms with E-state index in [0.717, 1.165) is 6.54 Å². The minimum Gasteiger partial charge on any atom is -0.309 e. The summed E-state index contributed by atoms with van der Waals surface area (Å²) in [6, 6.07) is -0.126. The van der Waals surface area contributed by atoms with Crippen LogP contribution in [-0.2, 0) is 4.79 Å². The molecule has 1 aliphatic rings. The quantitative estimate of drug-likeness (QED) is 0.520. The average molecular weight is 126 g/mol. The number of hydrogen-bond donors (Lipinski definition) is 1. The summed E-state index contributed by atoms with van der Waals surface area (Å²) < 4.78 is 0. The Bertz CT molecular complexity index is 142. The molecule has 1 atom stereocenters. The van der Waals surface area contributed by atoms with E-state index in [0.29, 0.717) is 6.54 Å². The predicted molar refractivity (Wildman–Crippen MR) is 35.8 cm³/mol. The topological polar surface area (TPSA) is 41.5 Å². The summed E-state index contributed by atoms with van der Waals surface area (Å²) in [7, 11) is 0. The molecule has 0 saturated carbocycles. The maximum atomic E-state index is 10.6. The van der Waals surface area contributed by atoms with E-state index >= 15 is 0 Å². The molecule has 0 fully saturated rings. The summed E-state index contributed by atoms with van der Waals surface area (Å²) in [5.74, 6) is 0.137. The van der Waals surface area contributed by atoms with Crippen molar-refractivity contribution < 1.29 is 4.79 Å². The molecule has 50 valence electrons. The van der Waals surface area contributed by atoms with Crippen molar-refractivity contribution in [2.24, 2.45) is 4.99 Å². The average Bonchev–Trinajstić information content (AvgIpc) is 1.90. The van der Waals surface area contributed by atoms with Crippen LogP contribution in [0.1, 0.15) is 6.92 Å². The lowest BCUT2D eigenvalue weighted by molar-refractivity contribution is -0.118. The third-order valence-corrected chi connectivity index (χ3v) is 1.33. The molecule has 9 heavy (non-hydrogen) atoms. The van der Waals surface area contributed by atoms with Crippen molar-refractivity contribution in [2.75, 3.05) is 13.1 Å². The second-order valence-electron chi connectivity index (χ2n) is 2.12. The van der Waals surface area contributed by atoms with Crippen molar-refractivity contribution in [1.82, 2.24) is 5.32 Å². The second kappa shape index (κ2) is 2.73. The fraction of sp³-hybridized carbons (Fsp3) is 0.667. The number of carbonyl (C=O) groups excluding carboxylic acids is 1. The van der Waals surface area contributed by atoms with Gasteiger partial charge in [-0.2, -0.15) is 0 Å². The first-order chi connectivity index (χ1) is 4.30. The van der Waals surface area contributed by atoms with Crippen LogP contribution in [0.2, 0.25) is 0 Å². The van der Waals surface area contributed by atoms with Crippen molar-refractivity contribution in [3.63, 3.8) is 0 Å². The van der Waals surface area contributed by atoms with E-state index in [1.54, 1.807) is 13.1 Å². The molecule has 0 saturated heterocycles. The summed E-state index contributed by atoms with van der Waals surface area (Å²) in [5, 5.41) is 3.05. The van der Waals surface area contributed by atoms with E-state index in [2.05, 4.69) is 10.3 Å². The van der Waals surface area contributed by atoms with Gasteiger partial charge in [-0.05, 0) is 6.92 Å². The SMILES string of the molecule is CC(=O)C1CNCC=N1. The van der Waals surface area contributed by atoms with Crippen molar-refractivity contribution in [1.29, 1.82) is 0 Å². The first-order valence-electron chi connectivity index (χ1n) is 3.03. The molecule has 0 aromatic heterocycles. The highest BCUT2D eigenvalue weighted by atomic mass is 16.1. The van der Waals surface area contributed by atoms with Crippen LogP contribution >= 0.6 is 0 Å². The van der Waals surface area contributed by atoms with Gasteiger partial charge in [0.05, 0.1) is 0 Å². The molecule has 0 aliphatic carbocycles. The largest absolute Gasteiger partial charge is 0.309 e. The van der Waals surface area contributed by atoms with E-state index in [4.69, 9.17) is 0 Å². The van der Waals surface area contributed by atoms with Crippen LogP contribution in [0.4, 0.5) is 0 Å². The first-order valence-corrected chi connectivity index (χ1v) is 3.03. The summed E-state index contributed by atoms with van der Waals surface area (Å²) in [4.78, 5) is 14.6. The molecule has 0 aromatic carbocycles. The summed E-state index contributed by atoms with van der Waals surface area (Å²) in [6.07, 6.45) is 1.75. The lowest BCUT2D eigenvalue weighted by Crippen LogP contribution is -2.35. The van der Waals surface area contributed by atoms with Crippen molar-refractivity contribution in [3.8, 4) is 0 Å². The van der Waals surface area contributed by atoms with Gasteiger partial charge in [-0.15, -0.1) is 0 Å². The number of hydrogen-bond acceptors (Lipinski definition) is 3. The van der Waals surface area contributed by atoms with Gasteiger partial charge < -0.3 is 5.32 Å². The molecule has 1 unspecified atom stereocenters. The Balaban J connectivity index is 2.50. The van der Waals surface area contributed by atoms with Crippen molar-refractivity contribution in [3.05, 3.63) is 0 Å². The number of nitrogens with one attached hydrogen (secondary N) is 1. The van der Waals surface area contributed by atoms with Crippen LogP contribution in [0.5, 0.6) is 0 Å². The van der Waals surface area contributed by atoms with Gasteiger partial charge in [-0.3, -0.25) is 9.79 Å². The number of rotatable bonds is 1. The summed E-state index contributed by atoms with van der Waals surface area (Å²) in [5.41, 5.74) is 0. The van der Waals surface area contributed by atoms with Gasteiger partial charge in [0.2, 0.25) is 0 Å². The first kappa shape index (κ1) is 6.42. The zero-order valence-electron chi connectivity index (χ0n) is 5.42. The molecular weight excluding hydrogens is 116 g/mol. The fourth-order valence-electron chi connectivity index (χ4n) is 0.766. The minimum atomic E-state index is -0.126. The molecule has 3 heteroatoms. The fourth-order valence-corrected chi connectivity index (χ4v) is 0.766. The molecule has 1 heterocycles. The lowest BCUT2D eigenvalue weighted by Gasteiger charge is -2.12. The van der Waals surface area contributed by atoms with Gasteiger partial charge in [-0.25, -0.2) is 0 Å². The van der Waals surface area contributed by atoms with Gasteiger partial charge in [0.15, 0.2) is 5.78 Å². The highest BCUT2D eigenvalue weighted by Crippen LogP contribution is 1.92. The molecule has 0 bridgehead atoms. The zero-order valence-corrected chi connectivity index (χ0v) is 5.42. The Morgan fingerprint density at radius 3 is 3.00 bits per heavy atom. The van der Waals surface area contributed by atoms with Crippen LogP contribution in [0.25, 0.3) is 0 Å². The van der Waals surface area contributed by atoms with Crippen LogP contribution in [0, 0.1) is 0 Å². The molecule has 1 rings (SSSR count). The van der Waals surface area contributed by atoms with Crippen LogP contribution in [-0.4, -0.2) is 31.1 Å². The maximum Gasteiger partial charge on any atom is 0.155 e. The summed E-state index contributed by atoms with van der Waals surface area (Å²) in [6.45, 7) is 3.06. The highest BCUT2D eigenvalue weighted by Gasteiger charge is 2.12. The third kappa shape index (κ3) is 1.61. The monoisotopic (exact) mass is 126 g/mol. The number of carbonyl (C=O) groups is 1. The molecular formula is C6H10N2O. The van der Waals surface area contributed by atoms with Gasteiger partial charge in [0, 0.05) is 19.3 Å². The molecule has 0 spiro atoms. The number of Topliss-reactive ketones (excluding diaryl/α,β-unsaturated/α-hetero) is 1. The van der Waals surface area contributed by atoms with Crippen LogP contribution in [0.3, 0.4) is 0 Å². The third-order valence-electron chi connectivity index (χ3n) is 1.33. The Kier molecular flexibility index (Phi) is 1.95. The Hall–Kier alpha value is -0.700. The zero-order chi connectivity index (χ0) is 6.69. The van der Waals surface area contributed by atoms with Crippen LogP contribution < -0.4 is 5.32 Å². The van der Waals surface area contributed by atoms with E-state index in [1.165, 1.54) is 0 Å². The standard InChI is InChI=1S/C6H10N2O/c1-5(9)6-4-7-2-3-8-6/h3,6-7H,2,4H2,1H3. The molecule has 1 N–H and O–H groups in total. The highest BCUT2D eigenvalue weighted by molar-refractivity contribution is 5.84. The normalized spacial score (nSPS) is 26.1.